The van der Waals surface area contributed by atoms with Crippen LogP contribution in [0.5, 0.6) is 0 Å². The van der Waals surface area contributed by atoms with Crippen molar-refractivity contribution in [3.8, 4) is 0 Å². The standard InChI is InChI=1S/C10H15ClN6O2S/c1-10(2,17-20(3,18)19)4-12-7-6-8(14-5-13-6)16-9(11)15-7/h5,17H,4H2,1-3H3,(H2,12,13,14,15,16). The van der Waals surface area contributed by atoms with Crippen LogP contribution in [-0.4, -0.2) is 46.7 Å². The Morgan fingerprint density at radius 3 is 2.75 bits per heavy atom. The van der Waals surface area contributed by atoms with Gasteiger partial charge in [-0.25, -0.2) is 18.1 Å². The molecule has 0 fully saturated rings. The van der Waals surface area contributed by atoms with E-state index in [0.29, 0.717) is 23.5 Å². The number of anilines is 1. The smallest absolute Gasteiger partial charge is 0.226 e. The molecule has 0 spiro atoms. The van der Waals surface area contributed by atoms with Gasteiger partial charge in [-0.2, -0.15) is 9.97 Å². The normalized spacial score (nSPS) is 12.8. The van der Waals surface area contributed by atoms with Gasteiger partial charge in [-0.3, -0.25) is 0 Å². The van der Waals surface area contributed by atoms with Crippen molar-refractivity contribution in [1.82, 2.24) is 24.7 Å². The Balaban J connectivity index is 2.19. The number of H-pyrrole nitrogens is 1. The Kier molecular flexibility index (Phi) is 3.85. The molecule has 2 heterocycles. The quantitative estimate of drug-likeness (QED) is 0.701. The van der Waals surface area contributed by atoms with Crippen molar-refractivity contribution in [2.24, 2.45) is 0 Å². The average Bonchev–Trinajstić information content (AvgIpc) is 2.70. The maximum absolute atomic E-state index is 11.3. The number of sulfonamides is 1. The summed E-state index contributed by atoms with van der Waals surface area (Å²) >= 11 is 5.81. The van der Waals surface area contributed by atoms with Crippen molar-refractivity contribution >= 4 is 38.6 Å². The molecule has 0 radical (unpaired) electrons. The first kappa shape index (κ1) is 14.9. The minimum atomic E-state index is -3.29. The molecule has 0 aliphatic heterocycles. The lowest BCUT2D eigenvalue weighted by atomic mass is 10.1. The molecular weight excluding hydrogens is 304 g/mol. The van der Waals surface area contributed by atoms with Crippen molar-refractivity contribution in [2.75, 3.05) is 18.1 Å². The van der Waals surface area contributed by atoms with E-state index in [2.05, 4.69) is 30.0 Å². The highest BCUT2D eigenvalue weighted by Crippen LogP contribution is 2.19. The third-order valence-electron chi connectivity index (χ3n) is 2.42. The average molecular weight is 319 g/mol. The number of halogens is 1. The third-order valence-corrected chi connectivity index (χ3v) is 3.51. The van der Waals surface area contributed by atoms with E-state index in [9.17, 15) is 8.42 Å². The van der Waals surface area contributed by atoms with Gasteiger partial charge in [-0.15, -0.1) is 0 Å². The minimum Gasteiger partial charge on any atom is -0.366 e. The highest BCUT2D eigenvalue weighted by Gasteiger charge is 2.22. The van der Waals surface area contributed by atoms with Gasteiger partial charge in [0.25, 0.3) is 0 Å². The molecule has 2 aromatic heterocycles. The first-order valence-electron chi connectivity index (χ1n) is 5.76. The molecule has 2 rings (SSSR count). The second-order valence-electron chi connectivity index (χ2n) is 5.05. The van der Waals surface area contributed by atoms with Gasteiger partial charge in [0.2, 0.25) is 15.3 Å². The van der Waals surface area contributed by atoms with Gasteiger partial charge in [0.05, 0.1) is 12.6 Å². The molecule has 8 nitrogen and oxygen atoms in total. The van der Waals surface area contributed by atoms with Gasteiger partial charge in [0, 0.05) is 12.1 Å². The largest absolute Gasteiger partial charge is 0.366 e. The lowest BCUT2D eigenvalue weighted by Gasteiger charge is -2.25. The molecule has 0 aliphatic carbocycles. The van der Waals surface area contributed by atoms with Gasteiger partial charge in [0.1, 0.15) is 5.52 Å². The van der Waals surface area contributed by atoms with Crippen molar-refractivity contribution < 1.29 is 8.42 Å². The van der Waals surface area contributed by atoms with E-state index in [-0.39, 0.29) is 5.28 Å². The van der Waals surface area contributed by atoms with Crippen molar-refractivity contribution in [3.63, 3.8) is 0 Å². The predicted octanol–water partition coefficient (Wildman–Crippen LogP) is 0.746. The molecule has 10 heteroatoms. The fraction of sp³-hybridized carbons (Fsp3) is 0.500. The summed E-state index contributed by atoms with van der Waals surface area (Å²) in [7, 11) is -3.29. The number of nitrogens with one attached hydrogen (secondary N) is 3. The number of hydrogen-bond acceptors (Lipinski definition) is 6. The molecular formula is C10H15ClN6O2S. The van der Waals surface area contributed by atoms with Gasteiger partial charge in [-0.1, -0.05) is 0 Å². The van der Waals surface area contributed by atoms with E-state index < -0.39 is 15.6 Å². The summed E-state index contributed by atoms with van der Waals surface area (Å²) in [5.74, 6) is 0.473. The Morgan fingerprint density at radius 2 is 2.10 bits per heavy atom. The number of aromatic nitrogens is 4. The van der Waals surface area contributed by atoms with Gasteiger partial charge >= 0.3 is 0 Å². The number of rotatable bonds is 5. The van der Waals surface area contributed by atoms with Crippen LogP contribution in [0.4, 0.5) is 5.82 Å². The Labute approximate surface area is 121 Å². The highest BCUT2D eigenvalue weighted by atomic mass is 35.5. The summed E-state index contributed by atoms with van der Waals surface area (Å²) in [5, 5.41) is 3.11. The van der Waals surface area contributed by atoms with E-state index >= 15 is 0 Å². The lowest BCUT2D eigenvalue weighted by Crippen LogP contribution is -2.47. The van der Waals surface area contributed by atoms with E-state index in [1.165, 1.54) is 6.33 Å². The zero-order valence-corrected chi connectivity index (χ0v) is 12.8. The number of nitrogens with zero attached hydrogens (tertiary/aromatic N) is 3. The van der Waals surface area contributed by atoms with Crippen LogP contribution in [0.25, 0.3) is 11.2 Å². The molecule has 110 valence electrons. The molecule has 20 heavy (non-hydrogen) atoms. The molecule has 0 aromatic carbocycles. The molecule has 0 amide bonds. The van der Waals surface area contributed by atoms with Crippen molar-refractivity contribution in [3.05, 3.63) is 11.6 Å². The van der Waals surface area contributed by atoms with E-state index in [1.54, 1.807) is 13.8 Å². The number of imidazole rings is 1. The summed E-state index contributed by atoms with van der Waals surface area (Å²) in [6, 6.07) is 0. The molecule has 0 saturated heterocycles. The maximum Gasteiger partial charge on any atom is 0.226 e. The SMILES string of the molecule is CC(C)(CNc1nc(Cl)nc2nc[nH]c12)NS(C)(=O)=O. The van der Waals surface area contributed by atoms with Crippen LogP contribution in [0.2, 0.25) is 5.28 Å². The maximum atomic E-state index is 11.3. The number of aromatic amines is 1. The van der Waals surface area contributed by atoms with Crippen LogP contribution >= 0.6 is 11.6 Å². The lowest BCUT2D eigenvalue weighted by molar-refractivity contribution is 0.476. The van der Waals surface area contributed by atoms with Crippen LogP contribution in [0.15, 0.2) is 6.33 Å². The van der Waals surface area contributed by atoms with Crippen LogP contribution in [-0.2, 0) is 10.0 Å². The van der Waals surface area contributed by atoms with Crippen LogP contribution in [0.3, 0.4) is 0 Å². The first-order chi connectivity index (χ1) is 9.16. The fourth-order valence-corrected chi connectivity index (χ4v) is 3.02. The Bertz CT molecular complexity index is 726. The Morgan fingerprint density at radius 1 is 1.40 bits per heavy atom. The molecule has 3 N–H and O–H groups in total. The first-order valence-corrected chi connectivity index (χ1v) is 8.03. The topological polar surface area (TPSA) is 113 Å². The van der Waals surface area contributed by atoms with E-state index in [4.69, 9.17) is 11.6 Å². The van der Waals surface area contributed by atoms with Crippen molar-refractivity contribution in [2.45, 2.75) is 19.4 Å². The summed E-state index contributed by atoms with van der Waals surface area (Å²) in [5.41, 5.74) is 0.378. The van der Waals surface area contributed by atoms with Crippen LogP contribution in [0, 0.1) is 0 Å². The third kappa shape index (κ3) is 3.78. The summed E-state index contributed by atoms with van der Waals surface area (Å²) in [4.78, 5) is 14.9. The summed E-state index contributed by atoms with van der Waals surface area (Å²) in [6.45, 7) is 3.84. The molecule has 0 aliphatic rings. The van der Waals surface area contributed by atoms with Crippen LogP contribution < -0.4 is 10.0 Å². The van der Waals surface area contributed by atoms with E-state index in [0.717, 1.165) is 6.26 Å². The molecule has 0 bridgehead atoms. The van der Waals surface area contributed by atoms with Crippen molar-refractivity contribution in [1.29, 1.82) is 0 Å². The second kappa shape index (κ2) is 5.15. The highest BCUT2D eigenvalue weighted by molar-refractivity contribution is 7.88. The molecule has 0 saturated carbocycles. The van der Waals surface area contributed by atoms with Crippen LogP contribution in [0.1, 0.15) is 13.8 Å². The number of hydrogen-bond donors (Lipinski definition) is 3. The minimum absolute atomic E-state index is 0.0704. The van der Waals surface area contributed by atoms with Gasteiger partial charge in [0.15, 0.2) is 11.5 Å². The molecule has 2 aromatic rings. The molecule has 0 unspecified atom stereocenters. The molecule has 0 atom stereocenters. The zero-order valence-electron chi connectivity index (χ0n) is 11.2. The fourth-order valence-electron chi connectivity index (χ4n) is 1.78. The summed E-state index contributed by atoms with van der Waals surface area (Å²) in [6.07, 6.45) is 2.60. The van der Waals surface area contributed by atoms with Gasteiger partial charge < -0.3 is 10.3 Å². The predicted molar refractivity (Wildman–Crippen MR) is 77.2 cm³/mol. The number of fused-ring (bicyclic) bond motifs is 1. The summed E-state index contributed by atoms with van der Waals surface area (Å²) < 4.78 is 25.1. The second-order valence-corrected chi connectivity index (χ2v) is 7.14. The Hall–Kier alpha value is -1.45. The monoisotopic (exact) mass is 318 g/mol. The van der Waals surface area contributed by atoms with E-state index in [1.807, 2.05) is 0 Å². The zero-order chi connectivity index (χ0) is 15.0. The van der Waals surface area contributed by atoms with Gasteiger partial charge in [-0.05, 0) is 25.4 Å².